The van der Waals surface area contributed by atoms with Gasteiger partial charge in [-0.15, -0.1) is 0 Å². The maximum absolute atomic E-state index is 11.9. The lowest BCUT2D eigenvalue weighted by molar-refractivity contribution is 0.130. The molecule has 33 heavy (non-hydrogen) atoms. The summed E-state index contributed by atoms with van der Waals surface area (Å²) in [6, 6.07) is 24.8. The first-order valence-electron chi connectivity index (χ1n) is 11.8. The summed E-state index contributed by atoms with van der Waals surface area (Å²) in [7, 11) is 1.69. The zero-order valence-corrected chi connectivity index (χ0v) is 20.1. The van der Waals surface area contributed by atoms with Crippen LogP contribution < -0.4 is 15.0 Å². The van der Waals surface area contributed by atoms with Gasteiger partial charge in [-0.1, -0.05) is 67.2 Å². The minimum atomic E-state index is -0.692. The van der Waals surface area contributed by atoms with Crippen molar-refractivity contribution in [3.8, 4) is 5.75 Å². The van der Waals surface area contributed by atoms with Crippen LogP contribution in [-0.2, 0) is 0 Å². The number of methoxy groups -OCH3 is 1. The molecule has 3 unspecified atom stereocenters. The van der Waals surface area contributed by atoms with Crippen LogP contribution in [0.15, 0.2) is 77.7 Å². The molecule has 0 aromatic heterocycles. The highest BCUT2D eigenvalue weighted by atomic mass is 32.2. The molecule has 0 saturated carbocycles. The Morgan fingerprint density at radius 3 is 2.33 bits per heavy atom. The fourth-order valence-corrected chi connectivity index (χ4v) is 6.59. The predicted molar refractivity (Wildman–Crippen MR) is 138 cm³/mol. The van der Waals surface area contributed by atoms with Gasteiger partial charge in [-0.05, 0) is 54.7 Å². The number of anilines is 2. The summed E-state index contributed by atoms with van der Waals surface area (Å²) in [5.74, 6) is 0.872. The molecular weight excluding hydrogens is 428 g/mol. The van der Waals surface area contributed by atoms with Gasteiger partial charge in [-0.25, -0.2) is 0 Å². The second kappa shape index (κ2) is 9.32. The minimum Gasteiger partial charge on any atom is -0.497 e. The topological polar surface area (TPSA) is 44.7 Å². The molecule has 0 radical (unpaired) electrons. The lowest BCUT2D eigenvalue weighted by Crippen LogP contribution is -2.43. The highest BCUT2D eigenvalue weighted by Gasteiger charge is 2.50. The van der Waals surface area contributed by atoms with Crippen LogP contribution in [0.1, 0.15) is 49.3 Å². The predicted octanol–water partition coefficient (Wildman–Crippen LogP) is 6.44. The number of piperidine rings is 1. The van der Waals surface area contributed by atoms with Crippen molar-refractivity contribution in [1.29, 1.82) is 0 Å². The molecule has 1 fully saturated rings. The highest BCUT2D eigenvalue weighted by Crippen LogP contribution is 2.59. The Hall–Kier alpha value is -2.63. The number of rotatable bonds is 6. The number of para-hydroxylation sites is 1. The van der Waals surface area contributed by atoms with Gasteiger partial charge in [-0.2, -0.15) is 0 Å². The maximum Gasteiger partial charge on any atom is 0.125 e. The molecule has 2 heterocycles. The molecule has 1 saturated heterocycles. The summed E-state index contributed by atoms with van der Waals surface area (Å²) in [4.78, 5) is 3.07. The van der Waals surface area contributed by atoms with Crippen molar-refractivity contribution < 1.29 is 9.84 Å². The van der Waals surface area contributed by atoms with Crippen molar-refractivity contribution in [3.05, 3.63) is 83.9 Å². The van der Waals surface area contributed by atoms with E-state index in [4.69, 9.17) is 4.74 Å². The molecular formula is C28H32N2O2S. The number of hydrogen-bond acceptors (Lipinski definition) is 5. The van der Waals surface area contributed by atoms with E-state index in [1.807, 2.05) is 42.5 Å². The summed E-state index contributed by atoms with van der Waals surface area (Å²) in [6.45, 7) is 4.39. The zero-order chi connectivity index (χ0) is 22.8. The van der Waals surface area contributed by atoms with Crippen LogP contribution in [0.3, 0.4) is 0 Å². The summed E-state index contributed by atoms with van der Waals surface area (Å²) < 4.78 is 5.37. The van der Waals surface area contributed by atoms with Crippen LogP contribution in [0.4, 0.5) is 11.4 Å². The van der Waals surface area contributed by atoms with Crippen LogP contribution in [0.5, 0.6) is 5.75 Å². The Kier molecular flexibility index (Phi) is 6.26. The number of fused-ring (bicyclic) bond motifs is 1. The van der Waals surface area contributed by atoms with E-state index in [2.05, 4.69) is 47.5 Å². The van der Waals surface area contributed by atoms with Crippen molar-refractivity contribution in [2.24, 2.45) is 0 Å². The minimum absolute atomic E-state index is 0.0326. The monoisotopic (exact) mass is 460 g/mol. The Balaban J connectivity index is 1.57. The van der Waals surface area contributed by atoms with Gasteiger partial charge >= 0.3 is 0 Å². The van der Waals surface area contributed by atoms with Crippen molar-refractivity contribution >= 4 is 23.1 Å². The maximum atomic E-state index is 11.9. The first-order valence-corrected chi connectivity index (χ1v) is 12.7. The van der Waals surface area contributed by atoms with E-state index in [9.17, 15) is 5.11 Å². The number of ether oxygens (including phenoxy) is 1. The molecule has 2 aliphatic heterocycles. The van der Waals surface area contributed by atoms with Crippen LogP contribution in [0, 0.1) is 0 Å². The SMILES string of the molecule is COc1ccc(C(C)C2(C(O)c3ccccc3)Nc3c(cccc3N3CCCCC3)S2)cc1. The second-order valence-corrected chi connectivity index (χ2v) is 10.3. The largest absolute Gasteiger partial charge is 0.497 e. The average Bonchev–Trinajstić information content (AvgIpc) is 3.30. The van der Waals surface area contributed by atoms with Crippen LogP contribution in [-0.4, -0.2) is 30.2 Å². The zero-order valence-electron chi connectivity index (χ0n) is 19.3. The third-order valence-electron chi connectivity index (χ3n) is 7.08. The number of nitrogens with one attached hydrogen (secondary N) is 1. The highest BCUT2D eigenvalue weighted by molar-refractivity contribution is 8.01. The van der Waals surface area contributed by atoms with E-state index in [-0.39, 0.29) is 5.92 Å². The van der Waals surface area contributed by atoms with Gasteiger partial charge < -0.3 is 20.1 Å². The first-order chi connectivity index (χ1) is 16.1. The van der Waals surface area contributed by atoms with Crippen molar-refractivity contribution in [2.75, 3.05) is 30.4 Å². The van der Waals surface area contributed by atoms with Crippen LogP contribution in [0.25, 0.3) is 0 Å². The van der Waals surface area contributed by atoms with E-state index >= 15 is 0 Å². The summed E-state index contributed by atoms with van der Waals surface area (Å²) in [6.07, 6.45) is 3.08. The first kappa shape index (κ1) is 22.2. The molecule has 5 heteroatoms. The van der Waals surface area contributed by atoms with E-state index in [0.717, 1.165) is 35.7 Å². The molecule has 2 aliphatic rings. The Morgan fingerprint density at radius 2 is 1.64 bits per heavy atom. The molecule has 0 amide bonds. The lowest BCUT2D eigenvalue weighted by atomic mass is 9.86. The molecule has 3 aromatic carbocycles. The Morgan fingerprint density at radius 1 is 0.909 bits per heavy atom. The summed E-state index contributed by atoms with van der Waals surface area (Å²) >= 11 is 1.76. The van der Waals surface area contributed by atoms with Gasteiger partial charge in [0.05, 0.1) is 18.5 Å². The smallest absolute Gasteiger partial charge is 0.125 e. The number of benzene rings is 3. The van der Waals surface area contributed by atoms with Gasteiger partial charge in [0.1, 0.15) is 16.7 Å². The van der Waals surface area contributed by atoms with Crippen molar-refractivity contribution in [3.63, 3.8) is 0 Å². The summed E-state index contributed by atoms with van der Waals surface area (Å²) in [5, 5.41) is 15.7. The van der Waals surface area contributed by atoms with Crippen molar-refractivity contribution in [1.82, 2.24) is 0 Å². The van der Waals surface area contributed by atoms with Gasteiger partial charge in [0.15, 0.2) is 0 Å². The number of aliphatic hydroxyl groups is 1. The van der Waals surface area contributed by atoms with E-state index in [1.54, 1.807) is 18.9 Å². The molecule has 4 nitrogen and oxygen atoms in total. The van der Waals surface area contributed by atoms with Crippen LogP contribution in [0.2, 0.25) is 0 Å². The fraction of sp³-hybridized carbons (Fsp3) is 0.357. The van der Waals surface area contributed by atoms with Gasteiger partial charge in [0.25, 0.3) is 0 Å². The Labute approximate surface area is 201 Å². The number of nitrogens with zero attached hydrogens (tertiary/aromatic N) is 1. The molecule has 3 aromatic rings. The van der Waals surface area contributed by atoms with Gasteiger partial charge in [0, 0.05) is 23.9 Å². The molecule has 3 atom stereocenters. The molecule has 2 N–H and O–H groups in total. The Bertz CT molecular complexity index is 1080. The second-order valence-electron chi connectivity index (χ2n) is 9.03. The normalized spacial score (nSPS) is 21.7. The number of hydrogen-bond donors (Lipinski definition) is 2. The molecule has 172 valence electrons. The van der Waals surface area contributed by atoms with E-state index in [1.165, 1.54) is 29.8 Å². The number of thioether (sulfide) groups is 1. The average molecular weight is 461 g/mol. The fourth-order valence-electron chi connectivity index (χ4n) is 5.11. The molecule has 0 spiro atoms. The molecule has 0 bridgehead atoms. The van der Waals surface area contributed by atoms with Gasteiger partial charge in [-0.3, -0.25) is 0 Å². The quantitative estimate of drug-likeness (QED) is 0.443. The van der Waals surface area contributed by atoms with Crippen LogP contribution >= 0.6 is 11.8 Å². The third-order valence-corrected chi connectivity index (χ3v) is 8.66. The van der Waals surface area contributed by atoms with Crippen molar-refractivity contribution in [2.45, 2.75) is 48.0 Å². The molecule has 5 rings (SSSR count). The standard InChI is InChI=1S/C28H32N2O2S/c1-20(21-14-16-23(32-2)17-15-21)28(27(31)22-10-5-3-6-11-22)29-26-24(12-9-13-25(26)33-28)30-18-7-4-8-19-30/h3,5-6,9-17,20,27,29,31H,4,7-8,18-19H2,1-2H3. The van der Waals surface area contributed by atoms with E-state index in [0.29, 0.717) is 0 Å². The third kappa shape index (κ3) is 4.09. The number of aliphatic hydroxyl groups excluding tert-OH is 1. The molecule has 0 aliphatic carbocycles. The van der Waals surface area contributed by atoms with Gasteiger partial charge in [0.2, 0.25) is 0 Å². The summed E-state index contributed by atoms with van der Waals surface area (Å²) in [5.41, 5.74) is 4.49. The van der Waals surface area contributed by atoms with E-state index < -0.39 is 11.0 Å². The lowest BCUT2D eigenvalue weighted by Gasteiger charge is -2.40.